The molecule has 11 nitrogen and oxygen atoms in total. The molecule has 2 aliphatic heterocycles. The van der Waals surface area contributed by atoms with E-state index in [0.717, 1.165) is 81.1 Å². The fourth-order valence-corrected chi connectivity index (χ4v) is 7.27. The summed E-state index contributed by atoms with van der Waals surface area (Å²) in [5.74, 6) is 3.57. The van der Waals surface area contributed by atoms with Gasteiger partial charge in [0.2, 0.25) is 0 Å². The second-order valence-electron chi connectivity index (χ2n) is 14.2. The van der Waals surface area contributed by atoms with Crippen LogP contribution in [-0.2, 0) is 0 Å². The van der Waals surface area contributed by atoms with Crippen LogP contribution in [0.4, 0.5) is 5.82 Å². The van der Waals surface area contributed by atoms with Crippen LogP contribution in [-0.4, -0.2) is 79.1 Å². The van der Waals surface area contributed by atoms with Gasteiger partial charge in [0.1, 0.15) is 10.4 Å². The number of aromatic nitrogens is 8. The summed E-state index contributed by atoms with van der Waals surface area (Å²) in [6, 6.07) is 20.3. The maximum absolute atomic E-state index is 4.90. The molecule has 2 saturated heterocycles. The first kappa shape index (κ1) is 36.5. The van der Waals surface area contributed by atoms with Gasteiger partial charge in [-0.25, -0.2) is 19.9 Å². The van der Waals surface area contributed by atoms with Crippen molar-refractivity contribution in [1.29, 1.82) is 0 Å². The summed E-state index contributed by atoms with van der Waals surface area (Å²) in [5.41, 5.74) is 5.02. The highest BCUT2D eigenvalue weighted by Gasteiger charge is 2.22. The van der Waals surface area contributed by atoms with Crippen LogP contribution < -0.4 is 15.5 Å². The topological polar surface area (TPSA) is 136 Å². The van der Waals surface area contributed by atoms with Gasteiger partial charge in [-0.1, -0.05) is 39.8 Å². The number of hydrogen-bond donors (Lipinski definition) is 4. The van der Waals surface area contributed by atoms with Crippen LogP contribution in [0.2, 0.25) is 0 Å². The van der Waals surface area contributed by atoms with Gasteiger partial charge in [0.05, 0.1) is 22.8 Å². The van der Waals surface area contributed by atoms with E-state index in [2.05, 4.69) is 107 Å². The summed E-state index contributed by atoms with van der Waals surface area (Å²) in [6.45, 7) is 14.7. The summed E-state index contributed by atoms with van der Waals surface area (Å²) >= 11 is 3.35. The van der Waals surface area contributed by atoms with E-state index in [-0.39, 0.29) is 0 Å². The molecular weight excluding hydrogens is 702 g/mol. The van der Waals surface area contributed by atoms with Crippen molar-refractivity contribution in [3.05, 3.63) is 77.7 Å². The van der Waals surface area contributed by atoms with Crippen molar-refractivity contribution in [1.82, 2.24) is 51.0 Å². The zero-order valence-corrected chi connectivity index (χ0v) is 31.7. The number of nitrogens with one attached hydrogen (secondary N) is 4. The molecule has 268 valence electrons. The molecule has 6 aromatic heterocycles. The van der Waals surface area contributed by atoms with Crippen LogP contribution in [0.1, 0.15) is 53.4 Å². The number of fused-ring (bicyclic) bond motifs is 2. The molecule has 0 amide bonds. The molecule has 2 aliphatic rings. The van der Waals surface area contributed by atoms with Crippen LogP contribution in [0.3, 0.4) is 0 Å². The molecule has 2 fully saturated rings. The molecule has 0 bridgehead atoms. The van der Waals surface area contributed by atoms with Crippen molar-refractivity contribution in [3.8, 4) is 22.8 Å². The number of aromatic amines is 2. The average molecular weight is 753 g/mol. The number of rotatable bonds is 7. The van der Waals surface area contributed by atoms with Crippen molar-refractivity contribution < 1.29 is 0 Å². The molecule has 8 heterocycles. The van der Waals surface area contributed by atoms with Crippen molar-refractivity contribution in [3.63, 3.8) is 0 Å². The molecule has 0 unspecified atom stereocenters. The lowest BCUT2D eigenvalue weighted by Crippen LogP contribution is -2.51. The van der Waals surface area contributed by atoms with Crippen molar-refractivity contribution in [2.45, 2.75) is 59.4 Å². The van der Waals surface area contributed by atoms with Crippen molar-refractivity contribution in [2.75, 3.05) is 37.6 Å². The second-order valence-corrected chi connectivity index (χ2v) is 15.1. The van der Waals surface area contributed by atoms with E-state index >= 15 is 0 Å². The number of anilines is 1. The Labute approximate surface area is 309 Å². The standard InChI is InChI=1S/C19H24N6.C11H7BrN4.C9H19N/c1-13(2)11-14-12-25(10-9-20-14)17-7-3-6-16(22-17)18-15-5-4-8-21-19(15)24-23-18;12-9-5-1-4-8(14-9)10-7-3-2-6-13-11(7)16-15-10;1-8(2)6-9-4-3-5-10-7-9/h3-8,13-14,20H,9-12H2,1-2H3,(H,21,23,24);1-6H,(H,13,15,16);8-10H,3-7H2,1-2H3/t14-;;9-/m0.0/s1. The van der Waals surface area contributed by atoms with Gasteiger partial charge >= 0.3 is 0 Å². The smallest absolute Gasteiger partial charge is 0.181 e. The molecule has 51 heavy (non-hydrogen) atoms. The maximum atomic E-state index is 4.90. The molecule has 6 aromatic rings. The molecule has 0 spiro atoms. The predicted molar refractivity (Wildman–Crippen MR) is 210 cm³/mol. The first-order valence-corrected chi connectivity index (χ1v) is 19.0. The highest BCUT2D eigenvalue weighted by atomic mass is 79.9. The molecular formula is C39H50BrN11. The fraction of sp³-hybridized carbons (Fsp3) is 0.436. The third kappa shape index (κ3) is 9.96. The number of nitrogens with zero attached hydrogens (tertiary/aromatic N) is 7. The van der Waals surface area contributed by atoms with E-state index in [1.54, 1.807) is 12.4 Å². The van der Waals surface area contributed by atoms with Gasteiger partial charge in [0.15, 0.2) is 11.3 Å². The Hall–Kier alpha value is -4.26. The zero-order chi connectivity index (χ0) is 35.6. The van der Waals surface area contributed by atoms with Gasteiger partial charge in [-0.15, -0.1) is 0 Å². The van der Waals surface area contributed by atoms with Gasteiger partial charge in [-0.05, 0) is 121 Å². The average Bonchev–Trinajstić information content (AvgIpc) is 3.78. The molecule has 0 saturated carbocycles. The minimum absolute atomic E-state index is 0.524. The molecule has 0 radical (unpaired) electrons. The SMILES string of the molecule is Brc1cccc(-c2[nH]nc3ncccc23)n1.CC(C)C[C@@H]1CCCNC1.CC(C)C[C@H]1CN(c2cccc(-c3[nH]nc4ncccc34)n2)CCN1. The first-order valence-electron chi connectivity index (χ1n) is 18.2. The van der Waals surface area contributed by atoms with Crippen molar-refractivity contribution in [2.24, 2.45) is 17.8 Å². The normalized spacial score (nSPS) is 17.7. The van der Waals surface area contributed by atoms with Crippen molar-refractivity contribution >= 4 is 43.8 Å². The molecule has 8 rings (SSSR count). The first-order chi connectivity index (χ1) is 24.8. The molecule has 0 aromatic carbocycles. The highest BCUT2D eigenvalue weighted by molar-refractivity contribution is 9.10. The number of piperidine rings is 1. The van der Waals surface area contributed by atoms with E-state index in [0.29, 0.717) is 17.6 Å². The van der Waals surface area contributed by atoms with Crippen LogP contribution in [0.5, 0.6) is 0 Å². The number of pyridine rings is 4. The lowest BCUT2D eigenvalue weighted by Gasteiger charge is -2.35. The minimum Gasteiger partial charge on any atom is -0.354 e. The Balaban J connectivity index is 0.000000147. The summed E-state index contributed by atoms with van der Waals surface area (Å²) < 4.78 is 0.802. The number of piperazine rings is 1. The van der Waals surface area contributed by atoms with Gasteiger partial charge in [0, 0.05) is 48.8 Å². The lowest BCUT2D eigenvalue weighted by atomic mass is 9.91. The molecule has 12 heteroatoms. The number of halogens is 1. The van der Waals surface area contributed by atoms with E-state index in [4.69, 9.17) is 4.98 Å². The monoisotopic (exact) mass is 751 g/mol. The predicted octanol–water partition coefficient (Wildman–Crippen LogP) is 7.66. The van der Waals surface area contributed by atoms with Gasteiger partial charge in [-0.3, -0.25) is 10.2 Å². The van der Waals surface area contributed by atoms with E-state index in [1.165, 1.54) is 38.8 Å². The summed E-state index contributed by atoms with van der Waals surface area (Å²) in [5, 5.41) is 23.5. The van der Waals surface area contributed by atoms with Crippen LogP contribution >= 0.6 is 15.9 Å². The third-order valence-electron chi connectivity index (χ3n) is 9.16. The Morgan fingerprint density at radius 2 is 1.41 bits per heavy atom. The van der Waals surface area contributed by atoms with Gasteiger partial charge < -0.3 is 15.5 Å². The summed E-state index contributed by atoms with van der Waals surface area (Å²) in [7, 11) is 0. The van der Waals surface area contributed by atoms with Crippen LogP contribution in [0, 0.1) is 17.8 Å². The molecule has 4 N–H and O–H groups in total. The van der Waals surface area contributed by atoms with E-state index < -0.39 is 0 Å². The van der Waals surface area contributed by atoms with Crippen LogP contribution in [0.25, 0.3) is 44.8 Å². The number of H-pyrrole nitrogens is 2. The minimum atomic E-state index is 0.524. The van der Waals surface area contributed by atoms with Gasteiger partial charge in [-0.2, -0.15) is 10.2 Å². The molecule has 2 atom stereocenters. The van der Waals surface area contributed by atoms with E-state index in [1.807, 2.05) is 48.5 Å². The van der Waals surface area contributed by atoms with Crippen LogP contribution in [0.15, 0.2) is 77.7 Å². The quantitative estimate of drug-likeness (QED) is 0.121. The van der Waals surface area contributed by atoms with E-state index in [9.17, 15) is 0 Å². The van der Waals surface area contributed by atoms with Gasteiger partial charge in [0.25, 0.3) is 0 Å². The third-order valence-corrected chi connectivity index (χ3v) is 9.60. The summed E-state index contributed by atoms with van der Waals surface area (Å²) in [4.78, 5) is 20.1. The fourth-order valence-electron chi connectivity index (χ4n) is 6.93. The Morgan fingerprint density at radius 3 is 2.02 bits per heavy atom. The largest absolute Gasteiger partial charge is 0.354 e. The Bertz CT molecular complexity index is 1960. The Morgan fingerprint density at radius 1 is 0.765 bits per heavy atom. The second kappa shape index (κ2) is 17.8. The summed E-state index contributed by atoms with van der Waals surface area (Å²) in [6.07, 6.45) is 8.91. The lowest BCUT2D eigenvalue weighted by molar-refractivity contribution is 0.322. The maximum Gasteiger partial charge on any atom is 0.181 e. The zero-order valence-electron chi connectivity index (χ0n) is 30.1. The molecule has 0 aliphatic carbocycles. The Kier molecular flexibility index (Phi) is 12.7. The number of hydrogen-bond acceptors (Lipinski definition) is 9. The highest BCUT2D eigenvalue weighted by Crippen LogP contribution is 2.27.